The molecule has 0 spiro atoms. The molecule has 0 radical (unpaired) electrons. The first-order chi connectivity index (χ1) is 5.20. The number of nitriles is 1. The zero-order valence-corrected chi connectivity index (χ0v) is 8.35. The highest BCUT2D eigenvalue weighted by molar-refractivity contribution is 7.64. The van der Waals surface area contributed by atoms with Gasteiger partial charge in [-0.05, 0) is 0 Å². The predicted octanol–water partition coefficient (Wildman–Crippen LogP) is 1.64. The van der Waals surface area contributed by atoms with Gasteiger partial charge in [-0.3, -0.25) is 0 Å². The number of hydrogen-bond donors (Lipinski definition) is 1. The average Bonchev–Trinajstić information content (AvgIpc) is 1.97. The Kier molecular flexibility index (Phi) is 6.90. The van der Waals surface area contributed by atoms with Crippen molar-refractivity contribution in [2.45, 2.75) is 26.0 Å². The fraction of sp³-hybridized carbons (Fsp3) is 0.833. The van der Waals surface area contributed by atoms with Gasteiger partial charge in [0, 0.05) is 12.6 Å². The minimum Gasteiger partial charge on any atom is -0.327 e. The van der Waals surface area contributed by atoms with Crippen LogP contribution in [0.25, 0.3) is 0 Å². The highest BCUT2D eigenvalue weighted by atomic mass is 35.7. The van der Waals surface area contributed by atoms with E-state index in [1.165, 1.54) is 0 Å². The first-order valence-corrected chi connectivity index (χ1v) is 5.27. The van der Waals surface area contributed by atoms with E-state index in [4.69, 9.17) is 21.0 Å². The molecule has 0 saturated heterocycles. The van der Waals surface area contributed by atoms with Crippen LogP contribution in [0.15, 0.2) is 0 Å². The van der Waals surface area contributed by atoms with Crippen molar-refractivity contribution < 1.29 is 4.52 Å². The van der Waals surface area contributed by atoms with Gasteiger partial charge in [0.15, 0.2) is 6.10 Å². The molecular formula is C6H12ClN2OP. The molecule has 0 saturated carbocycles. The Labute approximate surface area is 73.7 Å². The number of nitrogens with one attached hydrogen (secondary N) is 1. The maximum absolute atomic E-state index is 8.50. The van der Waals surface area contributed by atoms with Crippen molar-refractivity contribution in [1.29, 1.82) is 5.26 Å². The lowest BCUT2D eigenvalue weighted by Crippen LogP contribution is -2.31. The SMILES string of the molecule is CC(C)NCC(C#N)OPCl. The van der Waals surface area contributed by atoms with Crippen molar-refractivity contribution in [3.8, 4) is 6.07 Å². The molecule has 0 aromatic carbocycles. The van der Waals surface area contributed by atoms with Crippen molar-refractivity contribution in [3.63, 3.8) is 0 Å². The Morgan fingerprint density at radius 1 is 1.73 bits per heavy atom. The fourth-order valence-electron chi connectivity index (χ4n) is 0.510. The highest BCUT2D eigenvalue weighted by Gasteiger charge is 2.06. The average molecular weight is 195 g/mol. The summed E-state index contributed by atoms with van der Waals surface area (Å²) in [5, 5.41) is 11.6. The van der Waals surface area contributed by atoms with Crippen LogP contribution in [0.3, 0.4) is 0 Å². The molecular weight excluding hydrogens is 183 g/mol. The zero-order valence-electron chi connectivity index (χ0n) is 6.60. The molecule has 0 aromatic rings. The van der Waals surface area contributed by atoms with E-state index in [0.29, 0.717) is 12.6 Å². The van der Waals surface area contributed by atoms with Gasteiger partial charge in [0.2, 0.25) is 0 Å². The van der Waals surface area contributed by atoms with Crippen LogP contribution in [0.4, 0.5) is 0 Å². The standard InChI is InChI=1S/C6H12ClN2OP/c1-5(2)9-4-6(3-8)10-11-7/h5-6,9,11H,4H2,1-2H3. The fourth-order valence-corrected chi connectivity index (χ4v) is 1.08. The summed E-state index contributed by atoms with van der Waals surface area (Å²) in [4.78, 5) is 0. The number of halogens is 1. The third-order valence-electron chi connectivity index (χ3n) is 1.04. The molecule has 0 aromatic heterocycles. The van der Waals surface area contributed by atoms with Gasteiger partial charge < -0.3 is 9.84 Å². The lowest BCUT2D eigenvalue weighted by atomic mass is 10.3. The monoisotopic (exact) mass is 194 g/mol. The molecule has 0 fully saturated rings. The van der Waals surface area contributed by atoms with Crippen molar-refractivity contribution in [2.75, 3.05) is 6.54 Å². The van der Waals surface area contributed by atoms with E-state index in [9.17, 15) is 0 Å². The summed E-state index contributed by atoms with van der Waals surface area (Å²) in [5.41, 5.74) is 0. The number of nitrogens with zero attached hydrogens (tertiary/aromatic N) is 1. The van der Waals surface area contributed by atoms with Gasteiger partial charge in [-0.15, -0.1) is 0 Å². The van der Waals surface area contributed by atoms with Gasteiger partial charge in [-0.2, -0.15) is 5.26 Å². The molecule has 0 aliphatic carbocycles. The van der Waals surface area contributed by atoms with E-state index < -0.39 is 6.10 Å². The second-order valence-corrected chi connectivity index (χ2v) is 3.23. The Morgan fingerprint density at radius 3 is 2.73 bits per heavy atom. The second kappa shape index (κ2) is 6.82. The Morgan fingerprint density at radius 2 is 2.36 bits per heavy atom. The molecule has 0 heterocycles. The zero-order chi connectivity index (χ0) is 8.69. The van der Waals surface area contributed by atoms with Crippen LogP contribution in [-0.2, 0) is 4.52 Å². The van der Waals surface area contributed by atoms with E-state index in [0.717, 1.165) is 0 Å². The third kappa shape index (κ3) is 6.52. The second-order valence-electron chi connectivity index (χ2n) is 2.38. The number of rotatable bonds is 5. The molecule has 1 N–H and O–H groups in total. The predicted molar refractivity (Wildman–Crippen MR) is 47.8 cm³/mol. The molecule has 0 bridgehead atoms. The number of hydrogen-bond acceptors (Lipinski definition) is 3. The summed E-state index contributed by atoms with van der Waals surface area (Å²) in [6, 6.07) is 2.36. The highest BCUT2D eigenvalue weighted by Crippen LogP contribution is 2.19. The van der Waals surface area contributed by atoms with Gasteiger partial charge in [0.25, 0.3) is 0 Å². The largest absolute Gasteiger partial charge is 0.327 e. The normalized spacial score (nSPS) is 14.1. The summed E-state index contributed by atoms with van der Waals surface area (Å²) in [6.45, 7) is 4.56. The summed E-state index contributed by atoms with van der Waals surface area (Å²) >= 11 is 5.32. The van der Waals surface area contributed by atoms with E-state index in [-0.39, 0.29) is 8.16 Å². The molecule has 2 unspecified atom stereocenters. The maximum atomic E-state index is 8.50. The van der Waals surface area contributed by atoms with E-state index in [1.54, 1.807) is 0 Å². The Bertz CT molecular complexity index is 137. The molecule has 2 atom stereocenters. The molecule has 0 amide bonds. The van der Waals surface area contributed by atoms with Crippen LogP contribution in [0, 0.1) is 11.3 Å². The molecule has 64 valence electrons. The minimum absolute atomic E-state index is 0.142. The van der Waals surface area contributed by atoms with E-state index >= 15 is 0 Å². The van der Waals surface area contributed by atoms with Crippen molar-refractivity contribution in [3.05, 3.63) is 0 Å². The van der Waals surface area contributed by atoms with Gasteiger partial charge in [-0.25, -0.2) is 0 Å². The maximum Gasteiger partial charge on any atom is 0.161 e. The van der Waals surface area contributed by atoms with Crippen LogP contribution in [0.2, 0.25) is 0 Å². The summed E-state index contributed by atoms with van der Waals surface area (Å²) < 4.78 is 4.91. The topological polar surface area (TPSA) is 45.0 Å². The first-order valence-electron chi connectivity index (χ1n) is 3.35. The molecule has 3 nitrogen and oxygen atoms in total. The summed E-state index contributed by atoms with van der Waals surface area (Å²) in [7, 11) is -0.142. The third-order valence-corrected chi connectivity index (χ3v) is 1.68. The van der Waals surface area contributed by atoms with Gasteiger partial charge in [0.05, 0.1) is 6.07 Å². The van der Waals surface area contributed by atoms with Gasteiger partial charge >= 0.3 is 0 Å². The lowest BCUT2D eigenvalue weighted by Gasteiger charge is -2.11. The summed E-state index contributed by atoms with van der Waals surface area (Å²) in [6.07, 6.45) is -0.423. The van der Waals surface area contributed by atoms with Crippen LogP contribution in [0.5, 0.6) is 0 Å². The molecule has 11 heavy (non-hydrogen) atoms. The molecule has 5 heteroatoms. The summed E-state index contributed by atoms with van der Waals surface area (Å²) in [5.74, 6) is 0. The van der Waals surface area contributed by atoms with E-state index in [1.807, 2.05) is 19.9 Å². The van der Waals surface area contributed by atoms with E-state index in [2.05, 4.69) is 5.32 Å². The Hall–Kier alpha value is 0.130. The smallest absolute Gasteiger partial charge is 0.161 e. The van der Waals surface area contributed by atoms with Crippen LogP contribution < -0.4 is 5.32 Å². The molecule has 0 aliphatic rings. The molecule has 0 aliphatic heterocycles. The van der Waals surface area contributed by atoms with Crippen LogP contribution in [-0.4, -0.2) is 18.7 Å². The van der Waals surface area contributed by atoms with Crippen molar-refractivity contribution >= 4 is 19.4 Å². The van der Waals surface area contributed by atoms with Gasteiger partial charge in [0.1, 0.15) is 8.16 Å². The first kappa shape index (κ1) is 11.1. The van der Waals surface area contributed by atoms with Crippen LogP contribution in [0.1, 0.15) is 13.8 Å². The van der Waals surface area contributed by atoms with Gasteiger partial charge in [-0.1, -0.05) is 25.1 Å². The lowest BCUT2D eigenvalue weighted by molar-refractivity contribution is 0.285. The molecule has 0 rings (SSSR count). The van der Waals surface area contributed by atoms with Crippen molar-refractivity contribution in [1.82, 2.24) is 5.32 Å². The minimum atomic E-state index is -0.423. The van der Waals surface area contributed by atoms with Crippen LogP contribution >= 0.6 is 19.4 Å². The Balaban J connectivity index is 3.46. The quantitative estimate of drug-likeness (QED) is 0.677. The van der Waals surface area contributed by atoms with Crippen molar-refractivity contribution in [2.24, 2.45) is 0 Å².